The third kappa shape index (κ3) is 3.94. The van der Waals surface area contributed by atoms with Crippen LogP contribution in [0.25, 0.3) is 0 Å². The van der Waals surface area contributed by atoms with Crippen LogP contribution in [-0.4, -0.2) is 37.0 Å². The monoisotopic (exact) mass is 348 g/mol. The predicted molar refractivity (Wildman–Crippen MR) is 96.6 cm³/mol. The second kappa shape index (κ2) is 7.47. The van der Waals surface area contributed by atoms with Crippen molar-refractivity contribution in [2.75, 3.05) is 26.2 Å². The molecule has 3 nitrogen and oxygen atoms in total. The van der Waals surface area contributed by atoms with Gasteiger partial charge in [-0.25, -0.2) is 0 Å². The molecule has 1 amide bonds. The molecule has 23 heavy (non-hydrogen) atoms. The zero-order chi connectivity index (χ0) is 16.2. The predicted octanol–water partition coefficient (Wildman–Crippen LogP) is 3.93. The fourth-order valence-electron chi connectivity index (χ4n) is 3.20. The third-order valence-electron chi connectivity index (χ3n) is 4.44. The molecule has 1 aliphatic rings. The number of nitrogens with one attached hydrogen (secondary N) is 1. The number of carbonyl (C=O) groups excluding carboxylic acids is 1. The van der Waals surface area contributed by atoms with Crippen LogP contribution in [-0.2, 0) is 0 Å². The number of likely N-dealkylation sites (tertiary alicyclic amines) is 1. The number of hydrogen-bond acceptors (Lipinski definition) is 3. The van der Waals surface area contributed by atoms with Gasteiger partial charge in [0, 0.05) is 19.6 Å². The van der Waals surface area contributed by atoms with Crippen LogP contribution in [0.3, 0.4) is 0 Å². The van der Waals surface area contributed by atoms with Crippen molar-refractivity contribution >= 4 is 28.8 Å². The van der Waals surface area contributed by atoms with Crippen LogP contribution >= 0.6 is 22.9 Å². The highest BCUT2D eigenvalue weighted by atomic mass is 35.5. The van der Waals surface area contributed by atoms with Crippen LogP contribution in [0.15, 0.2) is 35.7 Å². The largest absolute Gasteiger partial charge is 0.350 e. The topological polar surface area (TPSA) is 32.3 Å². The SMILES string of the molecule is Cc1ccccc1C1CCN(CCNC(=O)c2sccc2Cl)C1. The summed E-state index contributed by atoms with van der Waals surface area (Å²) < 4.78 is 0. The molecule has 0 radical (unpaired) electrons. The number of nitrogens with zero attached hydrogens (tertiary/aromatic N) is 1. The second-order valence-electron chi connectivity index (χ2n) is 6.00. The summed E-state index contributed by atoms with van der Waals surface area (Å²) in [5.41, 5.74) is 2.84. The van der Waals surface area contributed by atoms with E-state index in [-0.39, 0.29) is 5.91 Å². The van der Waals surface area contributed by atoms with E-state index in [0.717, 1.165) is 19.6 Å². The van der Waals surface area contributed by atoms with Gasteiger partial charge in [-0.15, -0.1) is 11.3 Å². The van der Waals surface area contributed by atoms with Crippen molar-refractivity contribution < 1.29 is 4.79 Å². The lowest BCUT2D eigenvalue weighted by Crippen LogP contribution is -2.33. The highest BCUT2D eigenvalue weighted by Gasteiger charge is 2.24. The van der Waals surface area contributed by atoms with E-state index in [1.807, 2.05) is 5.38 Å². The number of benzene rings is 1. The lowest BCUT2D eigenvalue weighted by atomic mass is 9.94. The molecular weight excluding hydrogens is 328 g/mol. The van der Waals surface area contributed by atoms with E-state index in [4.69, 9.17) is 11.6 Å². The lowest BCUT2D eigenvalue weighted by Gasteiger charge is -2.17. The fraction of sp³-hybridized carbons (Fsp3) is 0.389. The minimum absolute atomic E-state index is 0.0698. The van der Waals surface area contributed by atoms with Crippen molar-refractivity contribution in [3.8, 4) is 0 Å². The van der Waals surface area contributed by atoms with Crippen LogP contribution < -0.4 is 5.32 Å². The molecule has 1 unspecified atom stereocenters. The number of aryl methyl sites for hydroxylation is 1. The zero-order valence-corrected chi connectivity index (χ0v) is 14.8. The van der Waals surface area contributed by atoms with Gasteiger partial charge in [0.15, 0.2) is 0 Å². The first-order valence-corrected chi connectivity index (χ1v) is 9.20. The van der Waals surface area contributed by atoms with E-state index in [0.29, 0.717) is 22.4 Å². The maximum atomic E-state index is 12.0. The molecule has 2 heterocycles. The van der Waals surface area contributed by atoms with Crippen LogP contribution in [0.4, 0.5) is 0 Å². The Hall–Kier alpha value is -1.36. The molecule has 1 aliphatic heterocycles. The van der Waals surface area contributed by atoms with Crippen LogP contribution in [0.2, 0.25) is 5.02 Å². The molecule has 1 N–H and O–H groups in total. The summed E-state index contributed by atoms with van der Waals surface area (Å²) in [4.78, 5) is 15.1. The van der Waals surface area contributed by atoms with Crippen molar-refractivity contribution in [1.29, 1.82) is 0 Å². The highest BCUT2D eigenvalue weighted by molar-refractivity contribution is 7.12. The number of rotatable bonds is 5. The lowest BCUT2D eigenvalue weighted by molar-refractivity contribution is 0.0954. The van der Waals surface area contributed by atoms with Gasteiger partial charge < -0.3 is 10.2 Å². The molecule has 0 spiro atoms. The average molecular weight is 349 g/mol. The number of hydrogen-bond donors (Lipinski definition) is 1. The maximum absolute atomic E-state index is 12.0. The molecule has 0 aliphatic carbocycles. The van der Waals surface area contributed by atoms with E-state index in [1.54, 1.807) is 6.07 Å². The van der Waals surface area contributed by atoms with Crippen molar-refractivity contribution in [3.05, 3.63) is 56.7 Å². The molecule has 1 saturated heterocycles. The average Bonchev–Trinajstić information content (AvgIpc) is 3.17. The minimum atomic E-state index is -0.0698. The minimum Gasteiger partial charge on any atom is -0.350 e. The molecule has 0 bridgehead atoms. The van der Waals surface area contributed by atoms with Gasteiger partial charge in [-0.3, -0.25) is 4.79 Å². The summed E-state index contributed by atoms with van der Waals surface area (Å²) in [5.74, 6) is 0.540. The van der Waals surface area contributed by atoms with E-state index in [1.165, 1.54) is 28.9 Å². The summed E-state index contributed by atoms with van der Waals surface area (Å²) in [5, 5.41) is 5.34. The standard InChI is InChI=1S/C18H21ClN2OS/c1-13-4-2-3-5-15(13)14-6-9-21(12-14)10-8-20-18(22)17-16(19)7-11-23-17/h2-5,7,11,14H,6,8-10,12H2,1H3,(H,20,22). The van der Waals surface area contributed by atoms with Crippen LogP contribution in [0.5, 0.6) is 0 Å². The molecule has 2 aromatic rings. The van der Waals surface area contributed by atoms with Gasteiger partial charge in [0.25, 0.3) is 5.91 Å². The van der Waals surface area contributed by atoms with Gasteiger partial charge in [0.05, 0.1) is 5.02 Å². The first-order valence-electron chi connectivity index (χ1n) is 7.94. The smallest absolute Gasteiger partial charge is 0.262 e. The van der Waals surface area contributed by atoms with Crippen LogP contribution in [0.1, 0.15) is 33.1 Å². The maximum Gasteiger partial charge on any atom is 0.262 e. The Morgan fingerprint density at radius 2 is 2.22 bits per heavy atom. The normalized spacial score (nSPS) is 18.3. The van der Waals surface area contributed by atoms with Crippen molar-refractivity contribution in [2.45, 2.75) is 19.3 Å². The van der Waals surface area contributed by atoms with E-state index in [9.17, 15) is 4.79 Å². The van der Waals surface area contributed by atoms with Gasteiger partial charge in [-0.1, -0.05) is 35.9 Å². The Bertz CT molecular complexity index is 685. The Morgan fingerprint density at radius 3 is 2.96 bits per heavy atom. The Morgan fingerprint density at radius 1 is 1.39 bits per heavy atom. The number of halogens is 1. The first kappa shape index (κ1) is 16.5. The summed E-state index contributed by atoms with van der Waals surface area (Å²) in [6, 6.07) is 10.4. The Balaban J connectivity index is 1.47. The van der Waals surface area contributed by atoms with Gasteiger partial charge in [-0.05, 0) is 48.4 Å². The molecule has 1 aromatic carbocycles. The van der Waals surface area contributed by atoms with E-state index in [2.05, 4.69) is 41.4 Å². The zero-order valence-electron chi connectivity index (χ0n) is 13.2. The van der Waals surface area contributed by atoms with Crippen molar-refractivity contribution in [1.82, 2.24) is 10.2 Å². The number of amides is 1. The summed E-state index contributed by atoms with van der Waals surface area (Å²) in [6.45, 7) is 5.89. The van der Waals surface area contributed by atoms with Crippen LogP contribution in [0, 0.1) is 6.92 Å². The Kier molecular flexibility index (Phi) is 5.36. The van der Waals surface area contributed by atoms with E-state index >= 15 is 0 Å². The van der Waals surface area contributed by atoms with Crippen molar-refractivity contribution in [2.24, 2.45) is 0 Å². The summed E-state index contributed by atoms with van der Waals surface area (Å²) in [7, 11) is 0. The molecule has 1 fully saturated rings. The molecular formula is C18H21ClN2OS. The molecule has 122 valence electrons. The third-order valence-corrected chi connectivity index (χ3v) is 5.78. The molecule has 0 saturated carbocycles. The summed E-state index contributed by atoms with van der Waals surface area (Å²) in [6.07, 6.45) is 1.19. The molecule has 3 rings (SSSR count). The van der Waals surface area contributed by atoms with Gasteiger partial charge in [0.1, 0.15) is 4.88 Å². The van der Waals surface area contributed by atoms with Crippen molar-refractivity contribution in [3.63, 3.8) is 0 Å². The van der Waals surface area contributed by atoms with Gasteiger partial charge in [0.2, 0.25) is 0 Å². The first-order chi connectivity index (χ1) is 11.1. The van der Waals surface area contributed by atoms with Gasteiger partial charge in [-0.2, -0.15) is 0 Å². The number of carbonyl (C=O) groups is 1. The highest BCUT2D eigenvalue weighted by Crippen LogP contribution is 2.29. The fourth-order valence-corrected chi connectivity index (χ4v) is 4.26. The number of thiophene rings is 1. The quantitative estimate of drug-likeness (QED) is 0.887. The molecule has 5 heteroatoms. The van der Waals surface area contributed by atoms with Gasteiger partial charge >= 0.3 is 0 Å². The Labute approximate surface area is 146 Å². The second-order valence-corrected chi connectivity index (χ2v) is 7.32. The van der Waals surface area contributed by atoms with E-state index < -0.39 is 0 Å². The molecule has 1 atom stereocenters. The molecule has 1 aromatic heterocycles. The summed E-state index contributed by atoms with van der Waals surface area (Å²) >= 11 is 7.36.